The van der Waals surface area contributed by atoms with E-state index in [2.05, 4.69) is 31.4 Å². The molecule has 1 saturated carbocycles. The second-order valence-corrected chi connectivity index (χ2v) is 10.1. The molecule has 2 aliphatic rings. The zero-order chi connectivity index (χ0) is 27.8. The minimum Gasteiger partial charge on any atom is -0.450 e. The topological polar surface area (TPSA) is 115 Å². The normalized spacial score (nSPS) is 16.9. The number of aromatic nitrogens is 4. The summed E-state index contributed by atoms with van der Waals surface area (Å²) in [5.74, 6) is -0.826. The molecular formula is C23H29BrF3N7O4. The van der Waals surface area contributed by atoms with Crippen LogP contribution < -0.4 is 5.32 Å². The highest BCUT2D eigenvalue weighted by Gasteiger charge is 2.42. The smallest absolute Gasteiger partial charge is 0.436 e. The fraction of sp³-hybridized carbons (Fsp3) is 0.609. The minimum absolute atomic E-state index is 0.0729. The van der Waals surface area contributed by atoms with Crippen molar-refractivity contribution in [1.29, 1.82) is 0 Å². The summed E-state index contributed by atoms with van der Waals surface area (Å²) in [7, 11) is 0. The molecular weight excluding hydrogens is 575 g/mol. The molecule has 38 heavy (non-hydrogen) atoms. The van der Waals surface area contributed by atoms with Crippen LogP contribution in [-0.2, 0) is 27.0 Å². The molecule has 1 N–H and O–H groups in total. The lowest BCUT2D eigenvalue weighted by molar-refractivity contribution is -0.142. The van der Waals surface area contributed by atoms with Gasteiger partial charge in [-0.25, -0.2) is 4.79 Å². The number of anilines is 1. The van der Waals surface area contributed by atoms with Gasteiger partial charge in [-0.05, 0) is 49.5 Å². The first kappa shape index (κ1) is 27.9. The molecule has 2 aromatic heterocycles. The van der Waals surface area contributed by atoms with Crippen LogP contribution in [0.3, 0.4) is 0 Å². The number of hydrogen-bond acceptors (Lipinski definition) is 6. The average Bonchev–Trinajstić information content (AvgIpc) is 3.55. The molecule has 0 aromatic carbocycles. The van der Waals surface area contributed by atoms with Crippen molar-refractivity contribution in [1.82, 2.24) is 29.4 Å². The van der Waals surface area contributed by atoms with Crippen molar-refractivity contribution in [3.63, 3.8) is 0 Å². The van der Waals surface area contributed by atoms with Gasteiger partial charge in [0.1, 0.15) is 12.6 Å². The zero-order valence-corrected chi connectivity index (χ0v) is 22.8. The predicted molar refractivity (Wildman–Crippen MR) is 132 cm³/mol. The van der Waals surface area contributed by atoms with Gasteiger partial charge in [-0.2, -0.15) is 23.4 Å². The Kier molecular flexibility index (Phi) is 8.04. The molecule has 15 heteroatoms. The Bertz CT molecular complexity index is 1220. The van der Waals surface area contributed by atoms with E-state index < -0.39 is 36.5 Å². The van der Waals surface area contributed by atoms with E-state index in [9.17, 15) is 27.6 Å². The molecule has 3 amide bonds. The maximum atomic E-state index is 13.4. The minimum atomic E-state index is -4.64. The van der Waals surface area contributed by atoms with Gasteiger partial charge in [0.25, 0.3) is 0 Å². The van der Waals surface area contributed by atoms with Gasteiger partial charge in [0.2, 0.25) is 11.8 Å². The van der Waals surface area contributed by atoms with Crippen LogP contribution in [0, 0.1) is 6.92 Å². The molecule has 1 atom stereocenters. The number of aryl methyl sites for hydroxylation is 1. The first-order valence-electron chi connectivity index (χ1n) is 12.3. The highest BCUT2D eigenvalue weighted by molar-refractivity contribution is 9.10. The Morgan fingerprint density at radius 1 is 1.16 bits per heavy atom. The van der Waals surface area contributed by atoms with Crippen LogP contribution in [0.25, 0.3) is 0 Å². The summed E-state index contributed by atoms with van der Waals surface area (Å²) in [4.78, 5) is 40.9. The van der Waals surface area contributed by atoms with E-state index in [-0.39, 0.29) is 22.9 Å². The summed E-state index contributed by atoms with van der Waals surface area (Å²) in [5.41, 5.74) is 0.107. The van der Waals surface area contributed by atoms with Gasteiger partial charge in [0.15, 0.2) is 5.69 Å². The number of hydrogen-bond donors (Lipinski definition) is 1. The molecule has 2 fully saturated rings. The average molecular weight is 604 g/mol. The Balaban J connectivity index is 1.39. The van der Waals surface area contributed by atoms with Crippen LogP contribution in [0.15, 0.2) is 10.7 Å². The molecule has 2 aromatic rings. The highest BCUT2D eigenvalue weighted by Crippen LogP contribution is 2.47. The number of piperazine rings is 1. The summed E-state index contributed by atoms with van der Waals surface area (Å²) in [6, 6.07) is -0.675. The maximum absolute atomic E-state index is 13.4. The summed E-state index contributed by atoms with van der Waals surface area (Å²) < 4.78 is 47.5. The van der Waals surface area contributed by atoms with Crippen LogP contribution in [0.1, 0.15) is 55.7 Å². The molecule has 0 bridgehead atoms. The van der Waals surface area contributed by atoms with Crippen LogP contribution in [0.2, 0.25) is 0 Å². The van der Waals surface area contributed by atoms with E-state index in [0.717, 1.165) is 17.5 Å². The summed E-state index contributed by atoms with van der Waals surface area (Å²) in [6.45, 7) is 6.38. The number of amides is 3. The van der Waals surface area contributed by atoms with Crippen LogP contribution in [-0.4, -0.2) is 80.1 Å². The van der Waals surface area contributed by atoms with Crippen LogP contribution >= 0.6 is 15.9 Å². The number of halogens is 4. The van der Waals surface area contributed by atoms with Gasteiger partial charge in [-0.1, -0.05) is 0 Å². The second-order valence-electron chi connectivity index (χ2n) is 9.32. The van der Waals surface area contributed by atoms with Crippen molar-refractivity contribution < 1.29 is 32.3 Å². The molecule has 1 aliphatic carbocycles. The van der Waals surface area contributed by atoms with Gasteiger partial charge in [0, 0.05) is 38.3 Å². The molecule has 3 heterocycles. The number of carbonyl (C=O) groups excluding carboxylic acids is 3. The first-order chi connectivity index (χ1) is 17.9. The largest absolute Gasteiger partial charge is 0.450 e. The quantitative estimate of drug-likeness (QED) is 0.518. The SMILES string of the molecule is CCOC(=O)N1CCN(C(=O)C(C)n2cc(NC(=O)Cn3nc(C(F)(F)F)c(Br)c3C3CC3)c(C)n2)CC1. The number of nitrogens with one attached hydrogen (secondary N) is 1. The zero-order valence-electron chi connectivity index (χ0n) is 21.2. The predicted octanol–water partition coefficient (Wildman–Crippen LogP) is 3.55. The fourth-order valence-electron chi connectivity index (χ4n) is 4.33. The molecule has 0 spiro atoms. The summed E-state index contributed by atoms with van der Waals surface area (Å²) in [6.07, 6.45) is -2.06. The van der Waals surface area contributed by atoms with E-state index >= 15 is 0 Å². The van der Waals surface area contributed by atoms with Crippen molar-refractivity contribution in [3.8, 4) is 0 Å². The monoisotopic (exact) mass is 603 g/mol. The lowest BCUT2D eigenvalue weighted by Crippen LogP contribution is -2.52. The number of nitrogens with zero attached hydrogens (tertiary/aromatic N) is 6. The van der Waals surface area contributed by atoms with E-state index in [1.54, 1.807) is 30.6 Å². The number of alkyl halides is 3. The van der Waals surface area contributed by atoms with Crippen molar-refractivity contribution in [2.75, 3.05) is 38.1 Å². The Morgan fingerprint density at radius 2 is 1.79 bits per heavy atom. The molecule has 4 rings (SSSR count). The van der Waals surface area contributed by atoms with Gasteiger partial charge >= 0.3 is 12.3 Å². The Labute approximate surface area is 225 Å². The molecule has 11 nitrogen and oxygen atoms in total. The Morgan fingerprint density at radius 3 is 2.37 bits per heavy atom. The van der Waals surface area contributed by atoms with Crippen LogP contribution in [0.5, 0.6) is 0 Å². The van der Waals surface area contributed by atoms with Gasteiger partial charge < -0.3 is 19.9 Å². The third-order valence-electron chi connectivity index (χ3n) is 6.52. The number of rotatable bonds is 7. The van der Waals surface area contributed by atoms with E-state index in [1.165, 1.54) is 10.9 Å². The molecule has 1 aliphatic heterocycles. The highest BCUT2D eigenvalue weighted by atomic mass is 79.9. The van der Waals surface area contributed by atoms with Crippen molar-refractivity contribution in [3.05, 3.63) is 27.8 Å². The molecule has 1 saturated heterocycles. The third kappa shape index (κ3) is 5.97. The lowest BCUT2D eigenvalue weighted by atomic mass is 10.2. The van der Waals surface area contributed by atoms with Crippen molar-refractivity contribution in [2.45, 2.75) is 58.3 Å². The standard InChI is InChI=1S/C23H29BrF3N7O4/c1-4-38-22(37)32-9-7-31(8-10-32)21(36)14(3)33-11-16(13(2)29-33)28-17(35)12-34-19(15-5-6-15)18(24)20(30-34)23(25,26)27/h11,14-15H,4-10,12H2,1-3H3,(H,28,35). The lowest BCUT2D eigenvalue weighted by Gasteiger charge is -2.35. The fourth-order valence-corrected chi connectivity index (χ4v) is 5.16. The third-order valence-corrected chi connectivity index (χ3v) is 7.30. The first-order valence-corrected chi connectivity index (χ1v) is 13.1. The summed E-state index contributed by atoms with van der Waals surface area (Å²) >= 11 is 3.02. The molecule has 208 valence electrons. The number of ether oxygens (including phenoxy) is 1. The molecule has 0 radical (unpaired) electrons. The van der Waals surface area contributed by atoms with E-state index in [1.807, 2.05) is 0 Å². The van der Waals surface area contributed by atoms with E-state index in [0.29, 0.717) is 43.3 Å². The maximum Gasteiger partial charge on any atom is 0.436 e. The summed E-state index contributed by atoms with van der Waals surface area (Å²) in [5, 5.41) is 10.7. The van der Waals surface area contributed by atoms with E-state index in [4.69, 9.17) is 4.74 Å². The molecule has 1 unspecified atom stereocenters. The van der Waals surface area contributed by atoms with Gasteiger partial charge in [-0.3, -0.25) is 19.0 Å². The van der Waals surface area contributed by atoms with Crippen LogP contribution in [0.4, 0.5) is 23.7 Å². The van der Waals surface area contributed by atoms with Crippen molar-refractivity contribution in [2.24, 2.45) is 0 Å². The van der Waals surface area contributed by atoms with Crippen molar-refractivity contribution >= 4 is 39.5 Å². The number of carbonyl (C=O) groups is 3. The second kappa shape index (κ2) is 10.9. The Hall–Kier alpha value is -3.10. The van der Waals surface area contributed by atoms with Gasteiger partial charge in [0.05, 0.1) is 28.2 Å². The van der Waals surface area contributed by atoms with Gasteiger partial charge in [-0.15, -0.1) is 0 Å².